The molecule has 0 spiro atoms. The SMILES string of the molecule is COc1ccc(CNCc2cccnc2OC)cc1Cl. The minimum Gasteiger partial charge on any atom is -0.495 e. The Kier molecular flexibility index (Phi) is 5.21. The van der Waals surface area contributed by atoms with Gasteiger partial charge < -0.3 is 14.8 Å². The van der Waals surface area contributed by atoms with Crippen molar-refractivity contribution in [3.8, 4) is 11.6 Å². The molecule has 4 nitrogen and oxygen atoms in total. The second kappa shape index (κ2) is 7.12. The lowest BCUT2D eigenvalue weighted by molar-refractivity contribution is 0.390. The molecule has 0 aliphatic carbocycles. The zero-order valence-corrected chi connectivity index (χ0v) is 12.3. The zero-order valence-electron chi connectivity index (χ0n) is 11.5. The number of nitrogens with zero attached hydrogens (tertiary/aromatic N) is 1. The van der Waals surface area contributed by atoms with E-state index < -0.39 is 0 Å². The summed E-state index contributed by atoms with van der Waals surface area (Å²) in [5.74, 6) is 1.33. The topological polar surface area (TPSA) is 43.4 Å². The van der Waals surface area contributed by atoms with Crippen LogP contribution in [0.4, 0.5) is 0 Å². The Morgan fingerprint density at radius 2 is 2.00 bits per heavy atom. The van der Waals surface area contributed by atoms with Crippen molar-refractivity contribution < 1.29 is 9.47 Å². The summed E-state index contributed by atoms with van der Waals surface area (Å²) in [7, 11) is 3.23. The molecule has 0 bridgehead atoms. The number of halogens is 1. The standard InChI is InChI=1S/C15H17ClN2O2/c1-19-14-6-5-11(8-13(14)16)9-17-10-12-4-3-7-18-15(12)20-2/h3-8,17H,9-10H2,1-2H3. The van der Waals surface area contributed by atoms with Crippen molar-refractivity contribution in [2.24, 2.45) is 0 Å². The van der Waals surface area contributed by atoms with Crippen molar-refractivity contribution in [2.75, 3.05) is 14.2 Å². The predicted molar refractivity (Wildman–Crippen MR) is 79.3 cm³/mol. The van der Waals surface area contributed by atoms with Crippen LogP contribution in [0, 0.1) is 0 Å². The summed E-state index contributed by atoms with van der Waals surface area (Å²) in [5, 5.41) is 3.95. The van der Waals surface area contributed by atoms with Crippen molar-refractivity contribution in [2.45, 2.75) is 13.1 Å². The third-order valence-electron chi connectivity index (χ3n) is 2.90. The van der Waals surface area contributed by atoms with Gasteiger partial charge in [-0.1, -0.05) is 23.7 Å². The number of rotatable bonds is 6. The average Bonchev–Trinajstić information content (AvgIpc) is 2.48. The van der Waals surface area contributed by atoms with Gasteiger partial charge in [0.1, 0.15) is 5.75 Å². The van der Waals surface area contributed by atoms with Crippen LogP contribution in [-0.2, 0) is 13.1 Å². The van der Waals surface area contributed by atoms with E-state index in [1.54, 1.807) is 20.4 Å². The summed E-state index contributed by atoms with van der Waals surface area (Å²) in [6.45, 7) is 1.39. The number of nitrogens with one attached hydrogen (secondary N) is 1. The van der Waals surface area contributed by atoms with Gasteiger partial charge in [0.2, 0.25) is 5.88 Å². The molecular formula is C15H17ClN2O2. The Balaban J connectivity index is 1.94. The number of methoxy groups -OCH3 is 2. The number of aromatic nitrogens is 1. The Hall–Kier alpha value is -1.78. The van der Waals surface area contributed by atoms with Gasteiger partial charge in [-0.2, -0.15) is 0 Å². The van der Waals surface area contributed by atoms with Crippen LogP contribution >= 0.6 is 11.6 Å². The van der Waals surface area contributed by atoms with E-state index in [0.717, 1.165) is 11.1 Å². The van der Waals surface area contributed by atoms with Crippen LogP contribution < -0.4 is 14.8 Å². The summed E-state index contributed by atoms with van der Waals surface area (Å²) >= 11 is 6.09. The third kappa shape index (κ3) is 3.62. The lowest BCUT2D eigenvalue weighted by atomic mass is 10.2. The van der Waals surface area contributed by atoms with E-state index in [9.17, 15) is 0 Å². The first-order valence-electron chi connectivity index (χ1n) is 6.25. The smallest absolute Gasteiger partial charge is 0.217 e. The number of pyridine rings is 1. The van der Waals surface area contributed by atoms with Crippen molar-refractivity contribution in [1.29, 1.82) is 0 Å². The van der Waals surface area contributed by atoms with Crippen LogP contribution in [0.5, 0.6) is 11.6 Å². The minimum atomic E-state index is 0.616. The summed E-state index contributed by atoms with van der Waals surface area (Å²) in [5.41, 5.74) is 2.12. The molecule has 1 heterocycles. The van der Waals surface area contributed by atoms with E-state index in [0.29, 0.717) is 29.7 Å². The molecule has 0 radical (unpaired) electrons. The Labute approximate surface area is 123 Å². The number of hydrogen-bond acceptors (Lipinski definition) is 4. The van der Waals surface area contributed by atoms with E-state index in [1.807, 2.05) is 30.3 Å². The van der Waals surface area contributed by atoms with Gasteiger partial charge in [-0.05, 0) is 23.8 Å². The second-order valence-corrected chi connectivity index (χ2v) is 4.65. The van der Waals surface area contributed by atoms with Crippen LogP contribution in [0.2, 0.25) is 5.02 Å². The van der Waals surface area contributed by atoms with E-state index in [1.165, 1.54) is 0 Å². The van der Waals surface area contributed by atoms with E-state index in [4.69, 9.17) is 21.1 Å². The van der Waals surface area contributed by atoms with Gasteiger partial charge >= 0.3 is 0 Å². The van der Waals surface area contributed by atoms with Crippen molar-refractivity contribution in [3.63, 3.8) is 0 Å². The lowest BCUT2D eigenvalue weighted by Gasteiger charge is -2.09. The summed E-state index contributed by atoms with van der Waals surface area (Å²) < 4.78 is 10.3. The third-order valence-corrected chi connectivity index (χ3v) is 3.20. The van der Waals surface area contributed by atoms with Crippen molar-refractivity contribution in [3.05, 3.63) is 52.7 Å². The first-order valence-corrected chi connectivity index (χ1v) is 6.63. The first-order chi connectivity index (χ1) is 9.74. The first kappa shape index (κ1) is 14.6. The van der Waals surface area contributed by atoms with Crippen LogP contribution in [0.1, 0.15) is 11.1 Å². The number of benzene rings is 1. The molecule has 5 heteroatoms. The summed E-state index contributed by atoms with van der Waals surface area (Å²) in [4.78, 5) is 4.16. The van der Waals surface area contributed by atoms with Gasteiger partial charge in [0.05, 0.1) is 19.2 Å². The van der Waals surface area contributed by atoms with Crippen LogP contribution in [0.3, 0.4) is 0 Å². The molecule has 2 rings (SSSR count). The van der Waals surface area contributed by atoms with Crippen LogP contribution in [0.15, 0.2) is 36.5 Å². The summed E-state index contributed by atoms with van der Waals surface area (Å²) in [6, 6.07) is 9.62. The van der Waals surface area contributed by atoms with E-state index in [2.05, 4.69) is 10.3 Å². The molecule has 0 aliphatic heterocycles. The molecule has 20 heavy (non-hydrogen) atoms. The molecule has 0 unspecified atom stereocenters. The zero-order chi connectivity index (χ0) is 14.4. The van der Waals surface area contributed by atoms with Crippen molar-refractivity contribution in [1.82, 2.24) is 10.3 Å². The molecular weight excluding hydrogens is 276 g/mol. The number of hydrogen-bond donors (Lipinski definition) is 1. The van der Waals surface area contributed by atoms with Crippen LogP contribution in [-0.4, -0.2) is 19.2 Å². The van der Waals surface area contributed by atoms with Gasteiger partial charge in [-0.3, -0.25) is 0 Å². The molecule has 0 aliphatic rings. The van der Waals surface area contributed by atoms with Crippen molar-refractivity contribution >= 4 is 11.6 Å². The van der Waals surface area contributed by atoms with Gasteiger partial charge in [0.15, 0.2) is 0 Å². The molecule has 0 fully saturated rings. The molecule has 1 N–H and O–H groups in total. The highest BCUT2D eigenvalue weighted by molar-refractivity contribution is 6.32. The molecule has 0 saturated carbocycles. The van der Waals surface area contributed by atoms with E-state index >= 15 is 0 Å². The van der Waals surface area contributed by atoms with Crippen LogP contribution in [0.25, 0.3) is 0 Å². The normalized spacial score (nSPS) is 10.3. The fourth-order valence-corrected chi connectivity index (χ4v) is 2.18. The van der Waals surface area contributed by atoms with Gasteiger partial charge in [-0.25, -0.2) is 4.98 Å². The largest absolute Gasteiger partial charge is 0.495 e. The quantitative estimate of drug-likeness (QED) is 0.889. The molecule has 0 saturated heterocycles. The average molecular weight is 293 g/mol. The molecule has 0 amide bonds. The summed E-state index contributed by atoms with van der Waals surface area (Å²) in [6.07, 6.45) is 1.71. The molecule has 0 atom stereocenters. The molecule has 1 aromatic carbocycles. The maximum atomic E-state index is 6.09. The second-order valence-electron chi connectivity index (χ2n) is 4.24. The highest BCUT2D eigenvalue weighted by Crippen LogP contribution is 2.24. The molecule has 1 aromatic heterocycles. The van der Waals surface area contributed by atoms with E-state index in [-0.39, 0.29) is 0 Å². The highest BCUT2D eigenvalue weighted by atomic mass is 35.5. The molecule has 106 valence electrons. The predicted octanol–water partition coefficient (Wildman–Crippen LogP) is 3.04. The lowest BCUT2D eigenvalue weighted by Crippen LogP contribution is -2.13. The maximum absolute atomic E-state index is 6.09. The fraction of sp³-hybridized carbons (Fsp3) is 0.267. The highest BCUT2D eigenvalue weighted by Gasteiger charge is 2.04. The number of ether oxygens (including phenoxy) is 2. The Morgan fingerprint density at radius 1 is 1.15 bits per heavy atom. The fourth-order valence-electron chi connectivity index (χ4n) is 1.90. The minimum absolute atomic E-state index is 0.616. The Morgan fingerprint density at radius 3 is 2.70 bits per heavy atom. The maximum Gasteiger partial charge on any atom is 0.217 e. The monoisotopic (exact) mass is 292 g/mol. The molecule has 2 aromatic rings. The van der Waals surface area contributed by atoms with Gasteiger partial charge in [0.25, 0.3) is 0 Å². The van der Waals surface area contributed by atoms with Gasteiger partial charge in [-0.15, -0.1) is 0 Å². The Bertz CT molecular complexity index is 576. The van der Waals surface area contributed by atoms with Gasteiger partial charge in [0, 0.05) is 24.8 Å².